The number of nitrogens with zero attached hydrogens (tertiary/aromatic N) is 1. The highest BCUT2D eigenvalue weighted by molar-refractivity contribution is 5.54. The van der Waals surface area contributed by atoms with E-state index in [1.54, 1.807) is 19.2 Å². The van der Waals surface area contributed by atoms with E-state index in [-0.39, 0.29) is 17.4 Å². The van der Waals surface area contributed by atoms with Gasteiger partial charge in [0.05, 0.1) is 12.8 Å². The summed E-state index contributed by atoms with van der Waals surface area (Å²) in [5, 5.41) is 3.63. The molecule has 1 aliphatic heterocycles. The van der Waals surface area contributed by atoms with E-state index >= 15 is 0 Å². The van der Waals surface area contributed by atoms with Crippen LogP contribution in [0.1, 0.15) is 33.6 Å². The highest BCUT2D eigenvalue weighted by Crippen LogP contribution is 2.31. The van der Waals surface area contributed by atoms with Gasteiger partial charge in [0.25, 0.3) is 0 Å². The van der Waals surface area contributed by atoms with Crippen LogP contribution in [0, 0.1) is 5.82 Å². The average molecular weight is 280 g/mol. The minimum atomic E-state index is -0.180. The van der Waals surface area contributed by atoms with Gasteiger partial charge in [-0.1, -0.05) is 13.8 Å². The molecule has 1 saturated heterocycles. The molecule has 4 heteroatoms. The number of piperazine rings is 1. The van der Waals surface area contributed by atoms with Gasteiger partial charge in [-0.05, 0) is 31.9 Å². The molecule has 20 heavy (non-hydrogen) atoms. The number of nitrogens with one attached hydrogen (secondary N) is 1. The molecule has 1 aromatic rings. The largest absolute Gasteiger partial charge is 0.497 e. The first-order valence-corrected chi connectivity index (χ1v) is 7.40. The van der Waals surface area contributed by atoms with Gasteiger partial charge in [-0.3, -0.25) is 0 Å². The topological polar surface area (TPSA) is 24.5 Å². The van der Waals surface area contributed by atoms with Crippen molar-refractivity contribution in [3.63, 3.8) is 0 Å². The van der Waals surface area contributed by atoms with Gasteiger partial charge in [0.2, 0.25) is 0 Å². The molecule has 2 rings (SSSR count). The molecule has 0 bridgehead atoms. The minimum Gasteiger partial charge on any atom is -0.497 e. The van der Waals surface area contributed by atoms with E-state index < -0.39 is 0 Å². The fourth-order valence-corrected chi connectivity index (χ4v) is 2.90. The summed E-state index contributed by atoms with van der Waals surface area (Å²) in [6.45, 7) is 8.20. The predicted molar refractivity (Wildman–Crippen MR) is 81.1 cm³/mol. The number of anilines is 1. The maximum atomic E-state index is 14.2. The second-order valence-corrected chi connectivity index (χ2v) is 5.66. The van der Waals surface area contributed by atoms with Gasteiger partial charge in [-0.15, -0.1) is 0 Å². The molecular formula is C16H25FN2O. The summed E-state index contributed by atoms with van der Waals surface area (Å²) in [7, 11) is 1.61. The third-order valence-corrected chi connectivity index (χ3v) is 4.59. The van der Waals surface area contributed by atoms with Gasteiger partial charge in [-0.25, -0.2) is 4.39 Å². The molecule has 1 atom stereocenters. The lowest BCUT2D eigenvalue weighted by atomic mass is 9.88. The van der Waals surface area contributed by atoms with Crippen LogP contribution < -0.4 is 15.0 Å². The Morgan fingerprint density at radius 3 is 2.70 bits per heavy atom. The Hall–Kier alpha value is -1.29. The molecule has 1 N–H and O–H groups in total. The van der Waals surface area contributed by atoms with Crippen molar-refractivity contribution in [2.24, 2.45) is 0 Å². The van der Waals surface area contributed by atoms with Crippen LogP contribution in [0.2, 0.25) is 0 Å². The molecule has 0 saturated carbocycles. The van der Waals surface area contributed by atoms with Gasteiger partial charge < -0.3 is 15.0 Å². The van der Waals surface area contributed by atoms with Crippen molar-refractivity contribution in [3.05, 3.63) is 24.0 Å². The number of rotatable bonds is 4. The zero-order chi connectivity index (χ0) is 14.8. The van der Waals surface area contributed by atoms with Crippen molar-refractivity contribution in [2.45, 2.75) is 45.2 Å². The molecule has 3 nitrogen and oxygen atoms in total. The van der Waals surface area contributed by atoms with Gasteiger partial charge >= 0.3 is 0 Å². The Morgan fingerprint density at radius 1 is 1.40 bits per heavy atom. The van der Waals surface area contributed by atoms with Crippen molar-refractivity contribution in [1.29, 1.82) is 0 Å². The van der Waals surface area contributed by atoms with Crippen LogP contribution in [-0.4, -0.2) is 31.8 Å². The van der Waals surface area contributed by atoms with E-state index in [4.69, 9.17) is 4.74 Å². The standard InChI is InChI=1S/C16H25FN2O/c1-5-16(6-2)11-19(12(3)10-18-16)15-9-13(20-4)7-8-14(15)17/h7-9,12,18H,5-6,10-11H2,1-4H3. The van der Waals surface area contributed by atoms with Crippen molar-refractivity contribution in [3.8, 4) is 5.75 Å². The molecular weight excluding hydrogens is 255 g/mol. The van der Waals surface area contributed by atoms with Crippen molar-refractivity contribution >= 4 is 5.69 Å². The summed E-state index contributed by atoms with van der Waals surface area (Å²) >= 11 is 0. The van der Waals surface area contributed by atoms with Crippen molar-refractivity contribution < 1.29 is 9.13 Å². The Balaban J connectivity index is 2.34. The number of halogens is 1. The lowest BCUT2D eigenvalue weighted by Gasteiger charge is -2.47. The summed E-state index contributed by atoms with van der Waals surface area (Å²) in [4.78, 5) is 2.17. The minimum absolute atomic E-state index is 0.0715. The number of ether oxygens (including phenoxy) is 1. The first kappa shape index (κ1) is 15.1. The molecule has 1 heterocycles. The molecule has 1 unspecified atom stereocenters. The van der Waals surface area contributed by atoms with Crippen LogP contribution in [0.15, 0.2) is 18.2 Å². The van der Waals surface area contributed by atoms with Crippen LogP contribution in [-0.2, 0) is 0 Å². The smallest absolute Gasteiger partial charge is 0.146 e. The lowest BCUT2D eigenvalue weighted by molar-refractivity contribution is 0.252. The summed E-state index contributed by atoms with van der Waals surface area (Å²) in [5.74, 6) is 0.520. The first-order valence-electron chi connectivity index (χ1n) is 7.40. The molecule has 1 aromatic carbocycles. The Bertz CT molecular complexity index is 460. The van der Waals surface area contributed by atoms with Gasteiger partial charge in [0.15, 0.2) is 0 Å². The zero-order valence-electron chi connectivity index (χ0n) is 12.9. The molecule has 0 aromatic heterocycles. The van der Waals surface area contributed by atoms with E-state index in [0.29, 0.717) is 11.4 Å². The highest BCUT2D eigenvalue weighted by atomic mass is 19.1. The quantitative estimate of drug-likeness (QED) is 0.916. The molecule has 112 valence electrons. The highest BCUT2D eigenvalue weighted by Gasteiger charge is 2.36. The lowest BCUT2D eigenvalue weighted by Crippen LogP contribution is -2.63. The Morgan fingerprint density at radius 2 is 2.10 bits per heavy atom. The second kappa shape index (κ2) is 6.00. The van der Waals surface area contributed by atoms with E-state index in [1.807, 2.05) is 0 Å². The average Bonchev–Trinajstić information content (AvgIpc) is 2.49. The summed E-state index contributed by atoms with van der Waals surface area (Å²) in [6.07, 6.45) is 2.08. The first-order chi connectivity index (χ1) is 9.55. The van der Waals surface area contributed by atoms with E-state index in [9.17, 15) is 4.39 Å². The monoisotopic (exact) mass is 280 g/mol. The Kier molecular flexibility index (Phi) is 4.53. The molecule has 0 amide bonds. The Labute approximate surface area is 121 Å². The summed E-state index contributed by atoms with van der Waals surface area (Å²) in [6, 6.07) is 5.22. The van der Waals surface area contributed by atoms with Crippen molar-refractivity contribution in [2.75, 3.05) is 25.1 Å². The van der Waals surface area contributed by atoms with E-state index in [0.717, 1.165) is 25.9 Å². The van der Waals surface area contributed by atoms with Crippen LogP contribution in [0.4, 0.5) is 10.1 Å². The third-order valence-electron chi connectivity index (χ3n) is 4.59. The van der Waals surface area contributed by atoms with Crippen LogP contribution in [0.25, 0.3) is 0 Å². The van der Waals surface area contributed by atoms with E-state index in [1.165, 1.54) is 6.07 Å². The fraction of sp³-hybridized carbons (Fsp3) is 0.625. The SMILES string of the molecule is CCC1(CC)CN(c2cc(OC)ccc2F)C(C)CN1. The van der Waals surface area contributed by atoms with Gasteiger partial charge in [0.1, 0.15) is 11.6 Å². The van der Waals surface area contributed by atoms with Crippen LogP contribution >= 0.6 is 0 Å². The maximum absolute atomic E-state index is 14.2. The fourth-order valence-electron chi connectivity index (χ4n) is 2.90. The predicted octanol–water partition coefficient (Wildman–Crippen LogP) is 3.19. The van der Waals surface area contributed by atoms with Crippen LogP contribution in [0.5, 0.6) is 5.75 Å². The molecule has 0 radical (unpaired) electrons. The number of hydrogen-bond donors (Lipinski definition) is 1. The molecule has 0 spiro atoms. The number of benzene rings is 1. The van der Waals surface area contributed by atoms with Crippen LogP contribution in [0.3, 0.4) is 0 Å². The summed E-state index contributed by atoms with van der Waals surface area (Å²) in [5.41, 5.74) is 0.715. The zero-order valence-corrected chi connectivity index (χ0v) is 12.9. The van der Waals surface area contributed by atoms with Gasteiger partial charge in [0, 0.05) is 30.7 Å². The number of hydrogen-bond acceptors (Lipinski definition) is 3. The molecule has 1 aliphatic rings. The van der Waals surface area contributed by atoms with E-state index in [2.05, 4.69) is 31.0 Å². The maximum Gasteiger partial charge on any atom is 0.146 e. The molecule has 1 fully saturated rings. The number of methoxy groups -OCH3 is 1. The summed E-state index contributed by atoms with van der Waals surface area (Å²) < 4.78 is 19.4. The second-order valence-electron chi connectivity index (χ2n) is 5.66. The third kappa shape index (κ3) is 2.75. The normalized spacial score (nSPS) is 21.9. The molecule has 0 aliphatic carbocycles. The van der Waals surface area contributed by atoms with Crippen molar-refractivity contribution in [1.82, 2.24) is 5.32 Å². The van der Waals surface area contributed by atoms with Gasteiger partial charge in [-0.2, -0.15) is 0 Å².